The molecule has 1 fully saturated rings. The Kier molecular flexibility index (Phi) is 12.2. The fraction of sp³-hybridized carbons (Fsp3) is 0.375. The lowest BCUT2D eigenvalue weighted by Gasteiger charge is -2.24. The molecule has 47 heavy (non-hydrogen) atoms. The number of hydrogen-bond acceptors (Lipinski definition) is 6. The predicted molar refractivity (Wildman–Crippen MR) is 182 cm³/mol. The number of carbonyl (C=O) groups is 3. The number of aryl methyl sites for hydroxylation is 2. The largest absolute Gasteiger partial charge is 0.457 e. The molecule has 0 bridgehead atoms. The van der Waals surface area contributed by atoms with Crippen LogP contribution < -0.4 is 0 Å². The van der Waals surface area contributed by atoms with Crippen LogP contribution in [0.5, 0.6) is 0 Å². The van der Waals surface area contributed by atoms with Crippen molar-refractivity contribution >= 4 is 17.8 Å². The average Bonchev–Trinajstić information content (AvgIpc) is 3.70. The van der Waals surface area contributed by atoms with Crippen molar-refractivity contribution < 1.29 is 28.6 Å². The minimum Gasteiger partial charge on any atom is -0.457 e. The summed E-state index contributed by atoms with van der Waals surface area (Å²) in [6.07, 6.45) is 8.54. The van der Waals surface area contributed by atoms with Gasteiger partial charge in [-0.2, -0.15) is 0 Å². The molecule has 4 aromatic rings. The maximum Gasteiger partial charge on any atom is 0.417 e. The molecule has 0 spiro atoms. The molecule has 1 aromatic heterocycles. The van der Waals surface area contributed by atoms with Crippen LogP contribution in [0, 0.1) is 12.8 Å². The van der Waals surface area contributed by atoms with Crippen molar-refractivity contribution in [2.75, 3.05) is 13.2 Å². The van der Waals surface area contributed by atoms with Gasteiger partial charge in [-0.25, -0.2) is 9.69 Å². The van der Waals surface area contributed by atoms with E-state index in [0.29, 0.717) is 6.42 Å². The number of cyclic esters (lactones) is 1. The van der Waals surface area contributed by atoms with Gasteiger partial charge in [0.1, 0.15) is 24.3 Å². The molecule has 1 aliphatic heterocycles. The van der Waals surface area contributed by atoms with E-state index in [1.54, 1.807) is 6.07 Å². The molecule has 0 aliphatic carbocycles. The fourth-order valence-electron chi connectivity index (χ4n) is 6.32. The molecule has 246 valence electrons. The zero-order chi connectivity index (χ0) is 33.0. The van der Waals surface area contributed by atoms with Crippen LogP contribution >= 0.6 is 0 Å². The number of ketones is 1. The normalized spacial score (nSPS) is 15.1. The molecule has 7 heteroatoms. The summed E-state index contributed by atoms with van der Waals surface area (Å²) in [6, 6.07) is 27.9. The van der Waals surface area contributed by atoms with Crippen molar-refractivity contribution in [3.05, 3.63) is 119 Å². The van der Waals surface area contributed by atoms with Crippen LogP contribution in [0.4, 0.5) is 4.79 Å². The first-order chi connectivity index (χ1) is 23.0. The number of imide groups is 1. The fourth-order valence-corrected chi connectivity index (χ4v) is 6.32. The zero-order valence-electron chi connectivity index (χ0n) is 27.2. The highest BCUT2D eigenvalue weighted by Gasteiger charge is 2.44. The van der Waals surface area contributed by atoms with Gasteiger partial charge in [0, 0.05) is 18.6 Å². The molecule has 5 rings (SSSR count). The van der Waals surface area contributed by atoms with Crippen LogP contribution in [0.15, 0.2) is 95.4 Å². The summed E-state index contributed by atoms with van der Waals surface area (Å²) in [7, 11) is 0. The molecule has 0 radical (unpaired) electrons. The van der Waals surface area contributed by atoms with Crippen LogP contribution in [0.2, 0.25) is 0 Å². The lowest BCUT2D eigenvalue weighted by molar-refractivity contribution is -0.132. The number of Topliss-reactive ketones (excluding diaryl/α,β-unsaturated/α-hetero) is 1. The van der Waals surface area contributed by atoms with Gasteiger partial charge in [-0.05, 0) is 48.9 Å². The molecule has 1 saturated heterocycles. The van der Waals surface area contributed by atoms with Crippen molar-refractivity contribution in [1.82, 2.24) is 4.90 Å². The van der Waals surface area contributed by atoms with Gasteiger partial charge in [0.05, 0.1) is 0 Å². The van der Waals surface area contributed by atoms with E-state index in [1.165, 1.54) is 6.42 Å². The number of nitrogens with zero attached hydrogens (tertiary/aromatic N) is 1. The molecule has 2 atom stereocenters. The first kappa shape index (κ1) is 33.9. The number of ether oxygens (including phenoxy) is 1. The van der Waals surface area contributed by atoms with E-state index in [0.717, 1.165) is 83.4 Å². The Balaban J connectivity index is 1.40. The smallest absolute Gasteiger partial charge is 0.417 e. The topological polar surface area (TPSA) is 97.1 Å². The molecule has 1 N–H and O–H groups in total. The number of aliphatic hydroxyl groups is 1. The number of furan rings is 1. The summed E-state index contributed by atoms with van der Waals surface area (Å²) in [5, 5.41) is 8.97. The van der Waals surface area contributed by atoms with Gasteiger partial charge in [0.2, 0.25) is 11.7 Å². The quantitative estimate of drug-likeness (QED) is 0.0708. The standard InChI is InChI=1S/C40H45NO6/c1-29-17-16-22-32(25-29)33-27-37(47-36(33)23-14-6-4-2-3-5-7-15-24-42)38(43)34(26-30-18-10-8-11-19-30)39(44)41-35(28-46-40(41)45)31-20-12-9-13-21-31/h8-13,16-22,25,27,34-35,42H,2-7,14-15,23-24,26,28H2,1H3/t34-,35+/m1/s1. The minimum absolute atomic E-state index is 0.0336. The maximum absolute atomic E-state index is 14.4. The Labute approximate surface area is 277 Å². The summed E-state index contributed by atoms with van der Waals surface area (Å²) in [5.41, 5.74) is 4.50. The minimum atomic E-state index is -1.18. The second-order valence-electron chi connectivity index (χ2n) is 12.4. The van der Waals surface area contributed by atoms with Crippen LogP contribution in [0.3, 0.4) is 0 Å². The monoisotopic (exact) mass is 635 g/mol. The highest BCUT2D eigenvalue weighted by atomic mass is 16.6. The van der Waals surface area contributed by atoms with Gasteiger partial charge in [0.25, 0.3) is 0 Å². The van der Waals surface area contributed by atoms with E-state index in [9.17, 15) is 14.4 Å². The summed E-state index contributed by atoms with van der Waals surface area (Å²) < 4.78 is 11.7. The average molecular weight is 636 g/mol. The third-order valence-corrected chi connectivity index (χ3v) is 8.88. The first-order valence-electron chi connectivity index (χ1n) is 16.9. The molecule has 0 saturated carbocycles. The number of hydrogen-bond donors (Lipinski definition) is 1. The molecular weight excluding hydrogens is 590 g/mol. The molecule has 3 aromatic carbocycles. The molecule has 2 heterocycles. The highest BCUT2D eigenvalue weighted by Crippen LogP contribution is 2.34. The summed E-state index contributed by atoms with van der Waals surface area (Å²) in [5.74, 6) is -1.36. The summed E-state index contributed by atoms with van der Waals surface area (Å²) in [6.45, 7) is 2.33. The van der Waals surface area contributed by atoms with Crippen LogP contribution in [-0.2, 0) is 22.4 Å². The van der Waals surface area contributed by atoms with Crippen LogP contribution in [0.1, 0.15) is 90.4 Å². The van der Waals surface area contributed by atoms with Gasteiger partial charge < -0.3 is 14.3 Å². The molecular formula is C40H45NO6. The number of aliphatic hydroxyl groups excluding tert-OH is 1. The van der Waals surface area contributed by atoms with Crippen LogP contribution in [-0.4, -0.2) is 41.0 Å². The number of unbranched alkanes of at least 4 members (excludes halogenated alkanes) is 7. The van der Waals surface area contributed by atoms with Crippen molar-refractivity contribution in [3.63, 3.8) is 0 Å². The van der Waals surface area contributed by atoms with Gasteiger partial charge in [-0.1, -0.05) is 129 Å². The number of rotatable bonds is 17. The zero-order valence-corrected chi connectivity index (χ0v) is 27.2. The summed E-state index contributed by atoms with van der Waals surface area (Å²) >= 11 is 0. The van der Waals surface area contributed by atoms with Crippen molar-refractivity contribution in [3.8, 4) is 11.1 Å². The van der Waals surface area contributed by atoms with Gasteiger partial charge in [0.15, 0.2) is 5.76 Å². The molecule has 0 unspecified atom stereocenters. The Morgan fingerprint density at radius 1 is 0.830 bits per heavy atom. The van der Waals surface area contributed by atoms with Crippen molar-refractivity contribution in [1.29, 1.82) is 0 Å². The Hall–Kier alpha value is -4.49. The van der Waals surface area contributed by atoms with E-state index in [4.69, 9.17) is 14.3 Å². The number of amides is 2. The van der Waals surface area contributed by atoms with E-state index >= 15 is 0 Å². The van der Waals surface area contributed by atoms with Gasteiger partial charge in [-0.15, -0.1) is 0 Å². The van der Waals surface area contributed by atoms with E-state index < -0.39 is 29.7 Å². The molecule has 2 amide bonds. The lowest BCUT2D eigenvalue weighted by Crippen LogP contribution is -2.42. The van der Waals surface area contributed by atoms with E-state index in [2.05, 4.69) is 6.07 Å². The summed E-state index contributed by atoms with van der Waals surface area (Å²) in [4.78, 5) is 42.7. The Bertz CT molecular complexity index is 1610. The van der Waals surface area contributed by atoms with Gasteiger partial charge >= 0.3 is 6.09 Å². The number of carbonyl (C=O) groups excluding carboxylic acids is 3. The molecule has 7 nitrogen and oxygen atoms in total. The van der Waals surface area contributed by atoms with Crippen molar-refractivity contribution in [2.24, 2.45) is 5.92 Å². The predicted octanol–water partition coefficient (Wildman–Crippen LogP) is 8.67. The second kappa shape index (κ2) is 16.9. The second-order valence-corrected chi connectivity index (χ2v) is 12.4. The SMILES string of the molecule is Cc1cccc(-c2cc(C(=O)[C@@H](Cc3ccccc3)C(=O)N3C(=O)OC[C@H]3c3ccccc3)oc2CCCCCCCCCCO)c1. The lowest BCUT2D eigenvalue weighted by atomic mass is 9.91. The third kappa shape index (κ3) is 8.86. The molecule has 1 aliphatic rings. The van der Waals surface area contributed by atoms with E-state index in [-0.39, 0.29) is 25.4 Å². The van der Waals surface area contributed by atoms with E-state index in [1.807, 2.05) is 85.8 Å². The Morgan fingerprint density at radius 2 is 1.49 bits per heavy atom. The third-order valence-electron chi connectivity index (χ3n) is 8.88. The van der Waals surface area contributed by atoms with Crippen LogP contribution in [0.25, 0.3) is 11.1 Å². The van der Waals surface area contributed by atoms with Gasteiger partial charge in [-0.3, -0.25) is 9.59 Å². The Morgan fingerprint density at radius 3 is 2.17 bits per heavy atom. The number of benzene rings is 3. The first-order valence-corrected chi connectivity index (χ1v) is 16.9. The maximum atomic E-state index is 14.4. The van der Waals surface area contributed by atoms with Crippen molar-refractivity contribution in [2.45, 2.75) is 77.2 Å². The highest BCUT2D eigenvalue weighted by molar-refractivity contribution is 6.12.